The molecule has 0 rings (SSSR count). The summed E-state index contributed by atoms with van der Waals surface area (Å²) in [6, 6.07) is -0.747. The minimum atomic E-state index is -0.957. The first-order chi connectivity index (χ1) is 6.97. The second kappa shape index (κ2) is 7.56. The Bertz CT molecular complexity index is 219. The number of carboxylic acids is 1. The fourth-order valence-corrected chi connectivity index (χ4v) is 1.59. The molecule has 0 bridgehead atoms. The summed E-state index contributed by atoms with van der Waals surface area (Å²) in [6.45, 7) is 3.86. The molecule has 0 aliphatic rings. The summed E-state index contributed by atoms with van der Waals surface area (Å²) in [6.07, 6.45) is 2.76. The van der Waals surface area contributed by atoms with Crippen LogP contribution in [0, 0.1) is 5.92 Å². The van der Waals surface area contributed by atoms with Crippen molar-refractivity contribution in [2.75, 3.05) is 12.0 Å². The lowest BCUT2D eigenvalue weighted by Gasteiger charge is -2.14. The zero-order valence-corrected chi connectivity index (χ0v) is 10.3. The second-order valence-electron chi connectivity index (χ2n) is 3.84. The van der Waals surface area contributed by atoms with E-state index in [2.05, 4.69) is 5.32 Å². The van der Waals surface area contributed by atoms with Crippen molar-refractivity contribution in [3.63, 3.8) is 0 Å². The molecule has 2 N–H and O–H groups in total. The number of carbonyl (C=O) groups is 2. The van der Waals surface area contributed by atoms with Gasteiger partial charge in [0.2, 0.25) is 5.91 Å². The van der Waals surface area contributed by atoms with E-state index in [-0.39, 0.29) is 11.8 Å². The molecule has 88 valence electrons. The van der Waals surface area contributed by atoms with Gasteiger partial charge in [0.15, 0.2) is 0 Å². The fourth-order valence-electron chi connectivity index (χ4n) is 1.12. The van der Waals surface area contributed by atoms with Crippen molar-refractivity contribution in [1.29, 1.82) is 0 Å². The number of rotatable bonds is 7. The summed E-state index contributed by atoms with van der Waals surface area (Å²) < 4.78 is 0. The van der Waals surface area contributed by atoms with E-state index in [1.165, 1.54) is 0 Å². The van der Waals surface area contributed by atoms with Gasteiger partial charge in [0.05, 0.1) is 0 Å². The number of thioether (sulfide) groups is 1. The van der Waals surface area contributed by atoms with Crippen LogP contribution in [0.15, 0.2) is 0 Å². The highest BCUT2D eigenvalue weighted by atomic mass is 32.2. The van der Waals surface area contributed by atoms with Crippen LogP contribution in [0.3, 0.4) is 0 Å². The smallest absolute Gasteiger partial charge is 0.326 e. The predicted octanol–water partition coefficient (Wildman–Crippen LogP) is 1.35. The number of hydrogen-bond donors (Lipinski definition) is 2. The Balaban J connectivity index is 4.04. The van der Waals surface area contributed by atoms with Crippen LogP contribution >= 0.6 is 11.8 Å². The maximum absolute atomic E-state index is 11.4. The molecule has 0 radical (unpaired) electrons. The first kappa shape index (κ1) is 14.3. The van der Waals surface area contributed by atoms with Gasteiger partial charge in [-0.3, -0.25) is 4.79 Å². The number of nitrogens with one attached hydrogen (secondary N) is 1. The van der Waals surface area contributed by atoms with Crippen molar-refractivity contribution in [2.45, 2.75) is 32.7 Å². The summed E-state index contributed by atoms with van der Waals surface area (Å²) in [5.74, 6) is -0.154. The number of aliphatic carboxylic acids is 1. The van der Waals surface area contributed by atoms with E-state index in [4.69, 9.17) is 5.11 Å². The number of carbonyl (C=O) groups excluding carboxylic acids is 1. The molecule has 0 aliphatic carbocycles. The number of carboxylic acid groups (broad SMARTS) is 1. The minimum absolute atomic E-state index is 0.182. The Morgan fingerprint density at radius 1 is 1.40 bits per heavy atom. The summed E-state index contributed by atoms with van der Waals surface area (Å²) >= 11 is 1.57. The molecule has 0 fully saturated rings. The van der Waals surface area contributed by atoms with Gasteiger partial charge in [-0.1, -0.05) is 13.8 Å². The minimum Gasteiger partial charge on any atom is -0.480 e. The van der Waals surface area contributed by atoms with Crippen LogP contribution < -0.4 is 5.32 Å². The molecule has 0 aromatic rings. The van der Waals surface area contributed by atoms with Gasteiger partial charge in [0.1, 0.15) is 6.04 Å². The third-order valence-electron chi connectivity index (χ3n) is 1.84. The normalized spacial score (nSPS) is 12.5. The Hall–Kier alpha value is -0.710. The van der Waals surface area contributed by atoms with Crippen molar-refractivity contribution in [3.8, 4) is 0 Å². The molecule has 4 nitrogen and oxygen atoms in total. The molecule has 1 atom stereocenters. The van der Waals surface area contributed by atoms with Gasteiger partial charge in [-0.15, -0.1) is 0 Å². The van der Waals surface area contributed by atoms with Crippen molar-refractivity contribution < 1.29 is 14.7 Å². The van der Waals surface area contributed by atoms with Crippen LogP contribution in [-0.2, 0) is 9.59 Å². The van der Waals surface area contributed by atoms with Gasteiger partial charge >= 0.3 is 5.97 Å². The third-order valence-corrected chi connectivity index (χ3v) is 2.48. The lowest BCUT2D eigenvalue weighted by Crippen LogP contribution is -2.41. The van der Waals surface area contributed by atoms with Crippen LogP contribution in [0.25, 0.3) is 0 Å². The van der Waals surface area contributed by atoms with Gasteiger partial charge in [-0.05, 0) is 24.3 Å². The maximum atomic E-state index is 11.4. The van der Waals surface area contributed by atoms with E-state index in [1.807, 2.05) is 20.1 Å². The highest BCUT2D eigenvalue weighted by molar-refractivity contribution is 7.98. The highest BCUT2D eigenvalue weighted by Gasteiger charge is 2.19. The molecule has 0 heterocycles. The zero-order chi connectivity index (χ0) is 11.8. The van der Waals surface area contributed by atoms with Crippen molar-refractivity contribution in [2.24, 2.45) is 5.92 Å². The molecule has 15 heavy (non-hydrogen) atoms. The van der Waals surface area contributed by atoms with E-state index < -0.39 is 12.0 Å². The number of hydrogen-bond acceptors (Lipinski definition) is 3. The Kier molecular flexibility index (Phi) is 7.21. The Labute approximate surface area is 94.8 Å². The van der Waals surface area contributed by atoms with Crippen molar-refractivity contribution in [1.82, 2.24) is 5.32 Å². The zero-order valence-electron chi connectivity index (χ0n) is 9.45. The SMILES string of the molecule is CSCC[C@@H](NC(=O)CC(C)C)C(=O)O. The fraction of sp³-hybridized carbons (Fsp3) is 0.800. The van der Waals surface area contributed by atoms with Crippen LogP contribution in [0.4, 0.5) is 0 Å². The molecular formula is C10H19NO3S. The Morgan fingerprint density at radius 3 is 2.40 bits per heavy atom. The molecule has 0 spiro atoms. The molecule has 0 aliphatic heterocycles. The number of amides is 1. The molecule has 0 saturated carbocycles. The largest absolute Gasteiger partial charge is 0.480 e. The molecule has 1 amide bonds. The van der Waals surface area contributed by atoms with Gasteiger partial charge in [0.25, 0.3) is 0 Å². The van der Waals surface area contributed by atoms with E-state index in [9.17, 15) is 9.59 Å². The maximum Gasteiger partial charge on any atom is 0.326 e. The standard InChI is InChI=1S/C10H19NO3S/c1-7(2)6-9(12)11-8(10(13)14)4-5-15-3/h7-8H,4-6H2,1-3H3,(H,11,12)(H,13,14)/t8-/m1/s1. The predicted molar refractivity (Wildman–Crippen MR) is 62.0 cm³/mol. The van der Waals surface area contributed by atoms with Crippen molar-refractivity contribution in [3.05, 3.63) is 0 Å². The average molecular weight is 233 g/mol. The Morgan fingerprint density at radius 2 is 2.00 bits per heavy atom. The van der Waals surface area contributed by atoms with Gasteiger partial charge in [-0.2, -0.15) is 11.8 Å². The second-order valence-corrected chi connectivity index (χ2v) is 4.82. The molecule has 0 aromatic heterocycles. The first-order valence-corrected chi connectivity index (χ1v) is 6.37. The molecular weight excluding hydrogens is 214 g/mol. The van der Waals surface area contributed by atoms with Crippen LogP contribution in [0.5, 0.6) is 0 Å². The summed E-state index contributed by atoms with van der Waals surface area (Å²) in [7, 11) is 0. The highest BCUT2D eigenvalue weighted by Crippen LogP contribution is 2.03. The monoisotopic (exact) mass is 233 g/mol. The van der Waals surface area contributed by atoms with Crippen LogP contribution in [0.2, 0.25) is 0 Å². The van der Waals surface area contributed by atoms with E-state index in [0.717, 1.165) is 5.75 Å². The molecule has 5 heteroatoms. The summed E-state index contributed by atoms with van der Waals surface area (Å²) in [5.41, 5.74) is 0. The van der Waals surface area contributed by atoms with Gasteiger partial charge in [-0.25, -0.2) is 4.79 Å². The lowest BCUT2D eigenvalue weighted by atomic mass is 10.1. The summed E-state index contributed by atoms with van der Waals surface area (Å²) in [5, 5.41) is 11.4. The van der Waals surface area contributed by atoms with E-state index in [1.54, 1.807) is 11.8 Å². The van der Waals surface area contributed by atoms with Crippen LogP contribution in [-0.4, -0.2) is 35.0 Å². The summed E-state index contributed by atoms with van der Waals surface area (Å²) in [4.78, 5) is 22.2. The van der Waals surface area contributed by atoms with E-state index in [0.29, 0.717) is 12.8 Å². The van der Waals surface area contributed by atoms with Crippen LogP contribution in [0.1, 0.15) is 26.7 Å². The van der Waals surface area contributed by atoms with E-state index >= 15 is 0 Å². The molecule has 0 aromatic carbocycles. The lowest BCUT2D eigenvalue weighted by molar-refractivity contribution is -0.142. The third kappa shape index (κ3) is 7.25. The van der Waals surface area contributed by atoms with Gasteiger partial charge < -0.3 is 10.4 Å². The molecule has 0 saturated heterocycles. The van der Waals surface area contributed by atoms with Gasteiger partial charge in [0, 0.05) is 6.42 Å². The first-order valence-electron chi connectivity index (χ1n) is 4.98. The average Bonchev–Trinajstić information content (AvgIpc) is 2.10. The quantitative estimate of drug-likeness (QED) is 0.696. The molecule has 0 unspecified atom stereocenters. The topological polar surface area (TPSA) is 66.4 Å². The van der Waals surface area contributed by atoms with Crippen molar-refractivity contribution >= 4 is 23.6 Å².